The molecule has 1 unspecified atom stereocenters. The van der Waals surface area contributed by atoms with Crippen LogP contribution in [-0.2, 0) is 4.79 Å². The molecule has 0 heterocycles. The van der Waals surface area contributed by atoms with Crippen molar-refractivity contribution in [3.05, 3.63) is 11.3 Å². The summed E-state index contributed by atoms with van der Waals surface area (Å²) < 4.78 is 0. The molecule has 0 saturated carbocycles. The zero-order valence-electron chi connectivity index (χ0n) is 10.7. The highest BCUT2D eigenvalue weighted by Crippen LogP contribution is 2.35. The zero-order valence-corrected chi connectivity index (χ0v) is 10.7. The van der Waals surface area contributed by atoms with Gasteiger partial charge in [0, 0.05) is 19.1 Å². The second-order valence-corrected chi connectivity index (χ2v) is 5.32. The largest absolute Gasteiger partial charge is 0.511 e. The van der Waals surface area contributed by atoms with E-state index >= 15 is 0 Å². The molecule has 0 amide bonds. The van der Waals surface area contributed by atoms with Crippen LogP contribution in [0.1, 0.15) is 40.0 Å². The van der Waals surface area contributed by atoms with E-state index in [1.807, 2.05) is 20.8 Å². The molecule has 0 aromatic carbocycles. The number of aliphatic hydroxyl groups is 2. The van der Waals surface area contributed by atoms with Gasteiger partial charge in [-0.3, -0.25) is 9.79 Å². The van der Waals surface area contributed by atoms with Crippen molar-refractivity contribution in [2.24, 2.45) is 10.4 Å². The molecular formula is C13H21NO3. The highest BCUT2D eigenvalue weighted by Gasteiger charge is 2.32. The van der Waals surface area contributed by atoms with Crippen molar-refractivity contribution in [2.45, 2.75) is 46.1 Å². The molecule has 2 N–H and O–H groups in total. The van der Waals surface area contributed by atoms with Crippen molar-refractivity contribution in [3.8, 4) is 0 Å². The van der Waals surface area contributed by atoms with Crippen LogP contribution in [-0.4, -0.2) is 34.9 Å². The lowest BCUT2D eigenvalue weighted by molar-refractivity contribution is -0.117. The van der Waals surface area contributed by atoms with Gasteiger partial charge in [-0.05, 0) is 11.8 Å². The minimum Gasteiger partial charge on any atom is -0.511 e. The number of Topliss-reactive ketones (excluding diaryl/α,β-unsaturated/α-hetero) is 1. The quantitative estimate of drug-likeness (QED) is 0.737. The highest BCUT2D eigenvalue weighted by molar-refractivity contribution is 6.14. The summed E-state index contributed by atoms with van der Waals surface area (Å²) >= 11 is 0. The number of carbonyl (C=O) groups is 1. The molecule has 4 heteroatoms. The molecule has 96 valence electrons. The predicted octanol–water partition coefficient (Wildman–Crippen LogP) is 2.03. The third-order valence-electron chi connectivity index (χ3n) is 2.99. The molecule has 0 aromatic rings. The van der Waals surface area contributed by atoms with Crippen LogP contribution in [0.5, 0.6) is 0 Å². The Hall–Kier alpha value is -1.16. The molecule has 1 atom stereocenters. The monoisotopic (exact) mass is 239 g/mol. The number of aliphatic hydroxyl groups excluding tert-OH is 2. The first kappa shape index (κ1) is 13.9. The number of rotatable bonds is 4. The van der Waals surface area contributed by atoms with Crippen LogP contribution in [0.3, 0.4) is 0 Å². The number of aliphatic imine (C=N–C) groups is 1. The lowest BCUT2D eigenvalue weighted by Gasteiger charge is -2.28. The molecule has 0 saturated heterocycles. The van der Waals surface area contributed by atoms with E-state index in [0.717, 1.165) is 0 Å². The third kappa shape index (κ3) is 3.66. The van der Waals surface area contributed by atoms with Crippen molar-refractivity contribution in [1.82, 2.24) is 0 Å². The lowest BCUT2D eigenvalue weighted by atomic mass is 9.77. The van der Waals surface area contributed by atoms with Gasteiger partial charge in [-0.15, -0.1) is 0 Å². The van der Waals surface area contributed by atoms with Gasteiger partial charge < -0.3 is 10.2 Å². The molecule has 0 aromatic heterocycles. The SMILES string of the molecule is CCC(CO)N=CC1=C(O)CC(C)(C)CC1=O. The maximum atomic E-state index is 11.8. The third-order valence-corrected chi connectivity index (χ3v) is 2.99. The molecule has 1 rings (SSSR count). The Balaban J connectivity index is 2.86. The fourth-order valence-electron chi connectivity index (χ4n) is 1.91. The summed E-state index contributed by atoms with van der Waals surface area (Å²) in [6.45, 7) is 5.79. The highest BCUT2D eigenvalue weighted by atomic mass is 16.3. The summed E-state index contributed by atoms with van der Waals surface area (Å²) in [7, 11) is 0. The van der Waals surface area contributed by atoms with Gasteiger partial charge in [-0.25, -0.2) is 0 Å². The molecule has 1 aliphatic carbocycles. The van der Waals surface area contributed by atoms with Gasteiger partial charge in [-0.2, -0.15) is 0 Å². The van der Waals surface area contributed by atoms with Crippen LogP contribution in [0, 0.1) is 5.41 Å². The van der Waals surface area contributed by atoms with E-state index in [0.29, 0.717) is 24.8 Å². The summed E-state index contributed by atoms with van der Waals surface area (Å²) in [4.78, 5) is 16.0. The summed E-state index contributed by atoms with van der Waals surface area (Å²) in [6.07, 6.45) is 3.04. The zero-order chi connectivity index (χ0) is 13.1. The number of allylic oxidation sites excluding steroid dienone is 2. The van der Waals surface area contributed by atoms with Gasteiger partial charge in [0.1, 0.15) is 5.76 Å². The molecule has 4 nitrogen and oxygen atoms in total. The van der Waals surface area contributed by atoms with Crippen LogP contribution >= 0.6 is 0 Å². The first-order valence-corrected chi connectivity index (χ1v) is 5.99. The van der Waals surface area contributed by atoms with Crippen LogP contribution in [0.15, 0.2) is 16.3 Å². The Morgan fingerprint density at radius 2 is 2.12 bits per heavy atom. The summed E-state index contributed by atoms with van der Waals surface area (Å²) in [5.41, 5.74) is 0.121. The van der Waals surface area contributed by atoms with Crippen LogP contribution in [0.25, 0.3) is 0 Å². The van der Waals surface area contributed by atoms with Crippen LogP contribution < -0.4 is 0 Å². The van der Waals surface area contributed by atoms with Crippen molar-refractivity contribution in [1.29, 1.82) is 0 Å². The maximum absolute atomic E-state index is 11.8. The predicted molar refractivity (Wildman–Crippen MR) is 67.3 cm³/mol. The maximum Gasteiger partial charge on any atom is 0.168 e. The lowest BCUT2D eigenvalue weighted by Crippen LogP contribution is -2.26. The first-order valence-electron chi connectivity index (χ1n) is 5.99. The normalized spacial score (nSPS) is 22.2. The average molecular weight is 239 g/mol. The Morgan fingerprint density at radius 1 is 1.47 bits per heavy atom. The first-order chi connectivity index (χ1) is 7.89. The van der Waals surface area contributed by atoms with Crippen molar-refractivity contribution >= 4 is 12.0 Å². The van der Waals surface area contributed by atoms with Crippen molar-refractivity contribution in [2.75, 3.05) is 6.61 Å². The van der Waals surface area contributed by atoms with E-state index in [2.05, 4.69) is 4.99 Å². The molecule has 0 fully saturated rings. The average Bonchev–Trinajstić information content (AvgIpc) is 2.21. The Bertz CT molecular complexity index is 352. The van der Waals surface area contributed by atoms with Gasteiger partial charge in [0.2, 0.25) is 0 Å². The van der Waals surface area contributed by atoms with Crippen molar-refractivity contribution in [3.63, 3.8) is 0 Å². The van der Waals surface area contributed by atoms with E-state index < -0.39 is 0 Å². The number of hydrogen-bond donors (Lipinski definition) is 2. The standard InChI is InChI=1S/C13H21NO3/c1-4-9(8-15)14-7-10-11(16)5-13(2,3)6-12(10)17/h7,9,15-16H,4-6,8H2,1-3H3. The molecule has 0 bridgehead atoms. The number of ketones is 1. The van der Waals surface area contributed by atoms with Gasteiger partial charge in [0.05, 0.1) is 18.2 Å². The van der Waals surface area contributed by atoms with Crippen LogP contribution in [0.4, 0.5) is 0 Å². The summed E-state index contributed by atoms with van der Waals surface area (Å²) in [5, 5.41) is 18.8. The van der Waals surface area contributed by atoms with Crippen LogP contribution in [0.2, 0.25) is 0 Å². The fourth-order valence-corrected chi connectivity index (χ4v) is 1.91. The van der Waals surface area contributed by atoms with Gasteiger partial charge >= 0.3 is 0 Å². The van der Waals surface area contributed by atoms with Crippen molar-refractivity contribution < 1.29 is 15.0 Å². The van der Waals surface area contributed by atoms with E-state index in [1.165, 1.54) is 6.21 Å². The van der Waals surface area contributed by atoms with Gasteiger partial charge in [0.25, 0.3) is 0 Å². The van der Waals surface area contributed by atoms with E-state index in [9.17, 15) is 9.90 Å². The van der Waals surface area contributed by atoms with E-state index in [-0.39, 0.29) is 29.6 Å². The number of nitrogens with zero attached hydrogens (tertiary/aromatic N) is 1. The minimum absolute atomic E-state index is 0.0409. The molecule has 0 aliphatic heterocycles. The second-order valence-electron chi connectivity index (χ2n) is 5.32. The minimum atomic E-state index is -0.196. The Morgan fingerprint density at radius 3 is 2.59 bits per heavy atom. The summed E-state index contributed by atoms with van der Waals surface area (Å²) in [6, 6.07) is -0.196. The summed E-state index contributed by atoms with van der Waals surface area (Å²) in [5.74, 6) is 0.0399. The van der Waals surface area contributed by atoms with E-state index in [1.54, 1.807) is 0 Å². The number of carbonyl (C=O) groups excluding carboxylic acids is 1. The van der Waals surface area contributed by atoms with E-state index in [4.69, 9.17) is 5.11 Å². The topological polar surface area (TPSA) is 69.9 Å². The number of hydrogen-bond acceptors (Lipinski definition) is 4. The second kappa shape index (κ2) is 5.45. The molecule has 0 spiro atoms. The fraction of sp³-hybridized carbons (Fsp3) is 0.692. The molecule has 0 radical (unpaired) electrons. The Labute approximate surface area is 102 Å². The van der Waals surface area contributed by atoms with Gasteiger partial charge in [-0.1, -0.05) is 20.8 Å². The molecule has 1 aliphatic rings. The van der Waals surface area contributed by atoms with Gasteiger partial charge in [0.15, 0.2) is 5.78 Å². The molecule has 17 heavy (non-hydrogen) atoms. The smallest absolute Gasteiger partial charge is 0.168 e. The molecular weight excluding hydrogens is 218 g/mol. The Kier molecular flexibility index (Phi) is 4.46.